The Labute approximate surface area is 126 Å². The zero-order valence-electron chi connectivity index (χ0n) is 12.1. The lowest BCUT2D eigenvalue weighted by atomic mass is 9.64. The van der Waals surface area contributed by atoms with E-state index < -0.39 is 0 Å². The lowest BCUT2D eigenvalue weighted by molar-refractivity contribution is -0.0369. The number of para-hydroxylation sites is 2. The summed E-state index contributed by atoms with van der Waals surface area (Å²) in [5.74, 6) is 1.74. The normalized spacial score (nSPS) is 27.3. The zero-order valence-corrected chi connectivity index (χ0v) is 12.9. The molecular weight excluding hydrogens is 272 g/mol. The SMILES string of the molecule is CCCOc1ccccc1OC1CC(Cl)C12CCCC2. The van der Waals surface area contributed by atoms with E-state index >= 15 is 0 Å². The molecule has 20 heavy (non-hydrogen) atoms. The van der Waals surface area contributed by atoms with Crippen LogP contribution in [0.1, 0.15) is 45.4 Å². The van der Waals surface area contributed by atoms with Crippen LogP contribution in [0.15, 0.2) is 24.3 Å². The Bertz CT molecular complexity index is 454. The Kier molecular flexibility index (Phi) is 4.11. The van der Waals surface area contributed by atoms with Crippen molar-refractivity contribution in [2.45, 2.75) is 56.9 Å². The van der Waals surface area contributed by atoms with E-state index in [1.807, 2.05) is 24.3 Å². The molecule has 110 valence electrons. The number of alkyl halides is 1. The van der Waals surface area contributed by atoms with Crippen molar-refractivity contribution in [3.8, 4) is 11.5 Å². The summed E-state index contributed by atoms with van der Waals surface area (Å²) >= 11 is 6.49. The van der Waals surface area contributed by atoms with E-state index in [4.69, 9.17) is 21.1 Å². The van der Waals surface area contributed by atoms with Crippen LogP contribution in [0.4, 0.5) is 0 Å². The smallest absolute Gasteiger partial charge is 0.161 e. The van der Waals surface area contributed by atoms with E-state index in [2.05, 4.69) is 6.92 Å². The topological polar surface area (TPSA) is 18.5 Å². The van der Waals surface area contributed by atoms with Gasteiger partial charge >= 0.3 is 0 Å². The van der Waals surface area contributed by atoms with Crippen LogP contribution in [0.25, 0.3) is 0 Å². The molecule has 0 heterocycles. The highest BCUT2D eigenvalue weighted by Gasteiger charge is 2.57. The molecule has 2 nitrogen and oxygen atoms in total. The van der Waals surface area contributed by atoms with Crippen molar-refractivity contribution in [3.05, 3.63) is 24.3 Å². The number of benzene rings is 1. The summed E-state index contributed by atoms with van der Waals surface area (Å²) in [5, 5.41) is 0.290. The third-order valence-corrected chi connectivity index (χ3v) is 5.41. The van der Waals surface area contributed by atoms with Crippen molar-refractivity contribution in [1.82, 2.24) is 0 Å². The molecule has 0 bridgehead atoms. The van der Waals surface area contributed by atoms with Gasteiger partial charge in [0.25, 0.3) is 0 Å². The third-order valence-electron chi connectivity index (χ3n) is 4.80. The fourth-order valence-corrected chi connectivity index (χ4v) is 4.09. The average molecular weight is 295 g/mol. The predicted molar refractivity (Wildman–Crippen MR) is 81.8 cm³/mol. The second-order valence-electron chi connectivity index (χ2n) is 6.05. The summed E-state index contributed by atoms with van der Waals surface area (Å²) in [6, 6.07) is 8.00. The minimum atomic E-state index is 0.222. The fraction of sp³-hybridized carbons (Fsp3) is 0.647. The molecule has 2 atom stereocenters. The van der Waals surface area contributed by atoms with Gasteiger partial charge in [-0.2, -0.15) is 0 Å². The van der Waals surface area contributed by atoms with Gasteiger partial charge in [-0.05, 0) is 31.4 Å². The second-order valence-corrected chi connectivity index (χ2v) is 6.57. The third kappa shape index (κ3) is 2.39. The van der Waals surface area contributed by atoms with E-state index in [0.29, 0.717) is 5.38 Å². The molecule has 0 amide bonds. The van der Waals surface area contributed by atoms with Crippen LogP contribution < -0.4 is 9.47 Å². The maximum absolute atomic E-state index is 6.49. The van der Waals surface area contributed by atoms with E-state index in [9.17, 15) is 0 Å². The molecule has 0 radical (unpaired) electrons. The van der Waals surface area contributed by atoms with Crippen molar-refractivity contribution >= 4 is 11.6 Å². The zero-order chi connectivity index (χ0) is 14.0. The molecule has 2 unspecified atom stereocenters. The van der Waals surface area contributed by atoms with E-state index in [1.54, 1.807) is 0 Å². The molecule has 0 aliphatic heterocycles. The van der Waals surface area contributed by atoms with Gasteiger partial charge in [0.15, 0.2) is 11.5 Å². The molecular formula is C17H23ClO2. The lowest BCUT2D eigenvalue weighted by Crippen LogP contribution is -2.55. The van der Waals surface area contributed by atoms with Crippen LogP contribution in [0.5, 0.6) is 11.5 Å². The van der Waals surface area contributed by atoms with Crippen LogP contribution in [-0.2, 0) is 0 Å². The largest absolute Gasteiger partial charge is 0.490 e. The first-order valence-corrected chi connectivity index (χ1v) is 8.22. The van der Waals surface area contributed by atoms with Crippen LogP contribution in [-0.4, -0.2) is 18.1 Å². The van der Waals surface area contributed by atoms with Crippen molar-refractivity contribution in [3.63, 3.8) is 0 Å². The molecule has 0 saturated heterocycles. The molecule has 2 aliphatic carbocycles. The van der Waals surface area contributed by atoms with Crippen LogP contribution in [0, 0.1) is 5.41 Å². The number of hydrogen-bond acceptors (Lipinski definition) is 2. The molecule has 0 N–H and O–H groups in total. The van der Waals surface area contributed by atoms with Gasteiger partial charge in [-0.3, -0.25) is 0 Å². The maximum atomic E-state index is 6.49. The highest BCUT2D eigenvalue weighted by molar-refractivity contribution is 6.21. The summed E-state index contributed by atoms with van der Waals surface area (Å²) in [4.78, 5) is 0. The van der Waals surface area contributed by atoms with Crippen molar-refractivity contribution in [2.75, 3.05) is 6.61 Å². The molecule has 3 rings (SSSR count). The van der Waals surface area contributed by atoms with Gasteiger partial charge in [0.1, 0.15) is 6.10 Å². The first-order valence-electron chi connectivity index (χ1n) is 7.79. The first-order chi connectivity index (χ1) is 9.76. The monoisotopic (exact) mass is 294 g/mol. The minimum absolute atomic E-state index is 0.222. The summed E-state index contributed by atoms with van der Waals surface area (Å²) in [7, 11) is 0. The van der Waals surface area contributed by atoms with Crippen LogP contribution in [0.3, 0.4) is 0 Å². The van der Waals surface area contributed by atoms with Gasteiger partial charge in [0.2, 0.25) is 0 Å². The summed E-state index contributed by atoms with van der Waals surface area (Å²) < 4.78 is 12.1. The molecule has 2 saturated carbocycles. The van der Waals surface area contributed by atoms with Crippen molar-refractivity contribution in [2.24, 2.45) is 5.41 Å². The number of rotatable bonds is 5. The molecule has 2 fully saturated rings. The Morgan fingerprint density at radius 2 is 1.90 bits per heavy atom. The van der Waals surface area contributed by atoms with Crippen LogP contribution >= 0.6 is 11.6 Å². The van der Waals surface area contributed by atoms with E-state index in [0.717, 1.165) is 30.9 Å². The summed E-state index contributed by atoms with van der Waals surface area (Å²) in [6.07, 6.45) is 7.23. The fourth-order valence-electron chi connectivity index (χ4n) is 3.56. The summed E-state index contributed by atoms with van der Waals surface area (Å²) in [6.45, 7) is 2.84. The molecule has 1 spiro atoms. The Morgan fingerprint density at radius 3 is 2.55 bits per heavy atom. The molecule has 1 aromatic rings. The first kappa shape index (κ1) is 14.1. The Balaban J connectivity index is 1.72. The predicted octanol–water partition coefficient (Wildman–Crippen LogP) is 4.79. The maximum Gasteiger partial charge on any atom is 0.161 e. The van der Waals surface area contributed by atoms with E-state index in [-0.39, 0.29) is 11.5 Å². The van der Waals surface area contributed by atoms with E-state index in [1.165, 1.54) is 25.7 Å². The standard InChI is InChI=1S/C17H23ClO2/c1-2-11-19-13-7-3-4-8-14(13)20-16-12-15(18)17(16)9-5-6-10-17/h3-4,7-8,15-16H,2,5-6,9-12H2,1H3. The van der Waals surface area contributed by atoms with Gasteiger partial charge in [-0.15, -0.1) is 11.6 Å². The lowest BCUT2D eigenvalue weighted by Gasteiger charge is -2.51. The Hall–Kier alpha value is -0.890. The summed E-state index contributed by atoms with van der Waals surface area (Å²) in [5.41, 5.74) is 0.222. The quantitative estimate of drug-likeness (QED) is 0.727. The molecule has 1 aromatic carbocycles. The highest BCUT2D eigenvalue weighted by atomic mass is 35.5. The van der Waals surface area contributed by atoms with Gasteiger partial charge in [-0.1, -0.05) is 31.9 Å². The number of ether oxygens (including phenoxy) is 2. The number of halogens is 1. The average Bonchev–Trinajstić information content (AvgIpc) is 2.98. The van der Waals surface area contributed by atoms with Crippen molar-refractivity contribution in [1.29, 1.82) is 0 Å². The van der Waals surface area contributed by atoms with Gasteiger partial charge in [0.05, 0.1) is 6.61 Å². The number of hydrogen-bond donors (Lipinski definition) is 0. The van der Waals surface area contributed by atoms with Gasteiger partial charge in [0, 0.05) is 17.2 Å². The molecule has 0 aromatic heterocycles. The van der Waals surface area contributed by atoms with Crippen molar-refractivity contribution < 1.29 is 9.47 Å². The molecule has 2 aliphatic rings. The van der Waals surface area contributed by atoms with Gasteiger partial charge < -0.3 is 9.47 Å². The van der Waals surface area contributed by atoms with Gasteiger partial charge in [-0.25, -0.2) is 0 Å². The Morgan fingerprint density at radius 1 is 1.20 bits per heavy atom. The minimum Gasteiger partial charge on any atom is -0.490 e. The molecule has 3 heteroatoms. The highest BCUT2D eigenvalue weighted by Crippen LogP contribution is 2.57. The van der Waals surface area contributed by atoms with Crippen LogP contribution in [0.2, 0.25) is 0 Å². The second kappa shape index (κ2) is 5.85.